The monoisotopic (exact) mass is 649 g/mol. The van der Waals surface area contributed by atoms with E-state index in [0.29, 0.717) is 30.4 Å². The fraction of sp³-hybridized carbons (Fsp3) is 0.897. The van der Waals surface area contributed by atoms with Crippen molar-refractivity contribution in [2.45, 2.75) is 123 Å². The van der Waals surface area contributed by atoms with Gasteiger partial charge in [-0.05, 0) is 12.8 Å². The van der Waals surface area contributed by atoms with Crippen LogP contribution in [0, 0.1) is 28.6 Å². The van der Waals surface area contributed by atoms with Crippen molar-refractivity contribution in [3.05, 3.63) is 4.91 Å². The summed E-state index contributed by atoms with van der Waals surface area (Å²) in [7, 11) is -8.42. The van der Waals surface area contributed by atoms with Crippen LogP contribution >= 0.6 is 0 Å². The molecule has 2 amide bonds. The number of hydrogen-bond acceptors (Lipinski definition) is 10. The Labute approximate surface area is 256 Å². The third-order valence-corrected chi connectivity index (χ3v) is 11.2. The fourth-order valence-corrected chi connectivity index (χ4v) is 8.64. The molecule has 0 radical (unpaired) electrons. The molecule has 2 heterocycles. The molecule has 246 valence electrons. The number of rotatable bonds is 22. The highest BCUT2D eigenvalue weighted by Crippen LogP contribution is 2.50. The van der Waals surface area contributed by atoms with Crippen LogP contribution in [0.2, 0.25) is 0 Å². The van der Waals surface area contributed by atoms with Crippen LogP contribution in [-0.4, -0.2) is 68.5 Å². The molecular weight excluding hydrogens is 600 g/mol. The Balaban J connectivity index is 1.51. The van der Waals surface area contributed by atoms with Gasteiger partial charge in [0.1, 0.15) is 11.8 Å². The van der Waals surface area contributed by atoms with E-state index in [2.05, 4.69) is 13.8 Å². The Morgan fingerprint density at radius 3 is 1.65 bits per heavy atom. The number of Topliss-reactive ketones (excluding diaryl/α,β-unsaturated/α-hetero) is 1. The fourth-order valence-electron chi connectivity index (χ4n) is 6.46. The molecule has 1 aliphatic carbocycles. The van der Waals surface area contributed by atoms with E-state index in [1.807, 2.05) is 0 Å². The van der Waals surface area contributed by atoms with Crippen LogP contribution in [0.3, 0.4) is 0 Å². The van der Waals surface area contributed by atoms with E-state index in [1.165, 1.54) is 12.8 Å². The summed E-state index contributed by atoms with van der Waals surface area (Å²) in [6.45, 7) is 3.87. The third kappa shape index (κ3) is 9.61. The van der Waals surface area contributed by atoms with Crippen LogP contribution in [0.1, 0.15) is 117 Å². The lowest BCUT2D eigenvalue weighted by molar-refractivity contribution is -0.603. The molecule has 2 aliphatic heterocycles. The van der Waals surface area contributed by atoms with Crippen molar-refractivity contribution in [3.63, 3.8) is 0 Å². The van der Waals surface area contributed by atoms with Gasteiger partial charge >= 0.3 is 6.23 Å². The van der Waals surface area contributed by atoms with E-state index in [9.17, 15) is 36.1 Å². The summed E-state index contributed by atoms with van der Waals surface area (Å²) in [6.07, 6.45) is 13.2. The average Bonchev–Trinajstić information content (AvgIpc) is 3.50. The van der Waals surface area contributed by atoms with Gasteiger partial charge in [-0.1, -0.05) is 104 Å². The van der Waals surface area contributed by atoms with Crippen molar-refractivity contribution < 1.29 is 44.4 Å². The lowest BCUT2D eigenvalue weighted by Gasteiger charge is -2.17. The van der Waals surface area contributed by atoms with Crippen molar-refractivity contribution in [1.82, 2.24) is 5.06 Å². The molecule has 0 aromatic rings. The minimum atomic E-state index is -4.27. The second-order valence-electron chi connectivity index (χ2n) is 12.2. The van der Waals surface area contributed by atoms with Gasteiger partial charge in [-0.15, -0.1) is 9.35 Å². The van der Waals surface area contributed by atoms with E-state index in [4.69, 9.17) is 8.47 Å². The van der Waals surface area contributed by atoms with Gasteiger partial charge in [-0.2, -0.15) is 21.0 Å². The highest BCUT2D eigenvalue weighted by Gasteiger charge is 2.73. The lowest BCUT2D eigenvalue weighted by Crippen LogP contribution is -2.40. The number of carbonyl (C=O) groups excluding carboxylic acids is 3. The largest absolute Gasteiger partial charge is 0.329 e. The first kappa shape index (κ1) is 35.7. The van der Waals surface area contributed by atoms with Crippen molar-refractivity contribution in [3.8, 4) is 0 Å². The number of ketones is 1. The normalized spacial score (nSPS) is 25.6. The zero-order valence-corrected chi connectivity index (χ0v) is 27.2. The van der Waals surface area contributed by atoms with Crippen LogP contribution in [-0.2, 0) is 43.1 Å². The van der Waals surface area contributed by atoms with Crippen LogP contribution < -0.4 is 0 Å². The summed E-state index contributed by atoms with van der Waals surface area (Å²) >= 11 is 0. The van der Waals surface area contributed by atoms with Crippen molar-refractivity contribution >= 4 is 37.8 Å². The van der Waals surface area contributed by atoms with Crippen molar-refractivity contribution in [2.75, 3.05) is 18.1 Å². The maximum atomic E-state index is 13.3. The summed E-state index contributed by atoms with van der Waals surface area (Å²) in [5, 5.41) is 0.145. The number of nitroso groups, excluding NO2 is 1. The van der Waals surface area contributed by atoms with Crippen LogP contribution in [0.4, 0.5) is 0 Å². The van der Waals surface area contributed by atoms with E-state index in [-0.39, 0.29) is 16.6 Å². The van der Waals surface area contributed by atoms with Crippen LogP contribution in [0.25, 0.3) is 0 Å². The molecule has 3 fully saturated rings. The van der Waals surface area contributed by atoms with Gasteiger partial charge < -0.3 is 0 Å². The molecule has 3 rings (SSSR count). The average molecular weight is 650 g/mol. The zero-order chi connectivity index (χ0) is 31.6. The molecule has 1 saturated carbocycles. The molecule has 0 N–H and O–H groups in total. The van der Waals surface area contributed by atoms with Gasteiger partial charge in [0.15, 0.2) is 12.3 Å². The highest BCUT2D eigenvalue weighted by molar-refractivity contribution is 7.86. The Morgan fingerprint density at radius 1 is 0.674 bits per heavy atom. The first-order valence-electron chi connectivity index (χ1n) is 16.1. The molecule has 0 spiro atoms. The number of amides is 2. The Hall–Kier alpha value is -1.77. The minimum Gasteiger partial charge on any atom is -0.298 e. The SMILES string of the molecule is CCCCCCCCCCS(=O)(=O)OC1C2C(=O)C3C(=O)N(OS(=O)(=O)CCCCCCCCCC)C(=O)C3C2C[N+]1=O. The Bertz CT molecular complexity index is 1200. The second kappa shape index (κ2) is 16.5. The molecule has 5 unspecified atom stereocenters. The molecular formula is C29H49N2O10S2+. The number of nitrogens with zero attached hydrogens (tertiary/aromatic N) is 2. The first-order valence-corrected chi connectivity index (χ1v) is 19.3. The van der Waals surface area contributed by atoms with Crippen molar-refractivity contribution in [1.29, 1.82) is 0 Å². The lowest BCUT2D eigenvalue weighted by atomic mass is 9.90. The molecule has 0 aromatic carbocycles. The number of imide groups is 1. The minimum absolute atomic E-state index is 0.145. The molecule has 0 bridgehead atoms. The van der Waals surface area contributed by atoms with Gasteiger partial charge in [0.25, 0.3) is 32.1 Å². The summed E-state index contributed by atoms with van der Waals surface area (Å²) in [6, 6.07) is 0. The molecule has 3 aliphatic rings. The summed E-state index contributed by atoms with van der Waals surface area (Å²) in [4.78, 5) is 52.1. The van der Waals surface area contributed by atoms with Crippen molar-refractivity contribution in [2.24, 2.45) is 23.7 Å². The second-order valence-corrected chi connectivity index (χ2v) is 15.6. The standard InChI is InChI=1S/C29H49N2O10S2/c1-3-5-7-9-11-13-15-17-19-42(36,37)40-29-24-22(21-30(29)35)23-25(26(24)32)28(34)31(27(23)33)41-43(38,39)20-18-16-14-12-10-8-6-4-2/h22-25,29H,3-21H2,1-2H3/q+1. The zero-order valence-electron chi connectivity index (χ0n) is 25.6. The summed E-state index contributed by atoms with van der Waals surface area (Å²) in [5.74, 6) is -8.71. The molecule has 43 heavy (non-hydrogen) atoms. The quantitative estimate of drug-likeness (QED) is 0.0540. The first-order chi connectivity index (χ1) is 20.4. The van der Waals surface area contributed by atoms with E-state index in [0.717, 1.165) is 64.2 Å². The third-order valence-electron chi connectivity index (χ3n) is 8.78. The van der Waals surface area contributed by atoms with Gasteiger partial charge in [-0.3, -0.25) is 14.4 Å². The number of hydrogen-bond donors (Lipinski definition) is 0. The van der Waals surface area contributed by atoms with E-state index < -0.39 is 74.3 Å². The Morgan fingerprint density at radius 2 is 1.14 bits per heavy atom. The Kier molecular flexibility index (Phi) is 13.7. The number of unbranched alkanes of at least 4 members (excludes halogenated alkanes) is 14. The molecule has 12 nitrogen and oxygen atoms in total. The molecule has 5 atom stereocenters. The molecule has 2 saturated heterocycles. The van der Waals surface area contributed by atoms with Crippen LogP contribution in [0.15, 0.2) is 0 Å². The van der Waals surface area contributed by atoms with Crippen LogP contribution in [0.5, 0.6) is 0 Å². The van der Waals surface area contributed by atoms with Gasteiger partial charge in [0, 0.05) is 9.67 Å². The maximum absolute atomic E-state index is 13.3. The number of carbonyl (C=O) groups is 3. The smallest absolute Gasteiger partial charge is 0.298 e. The van der Waals surface area contributed by atoms with E-state index in [1.54, 1.807) is 0 Å². The highest BCUT2D eigenvalue weighted by atomic mass is 32.2. The predicted octanol–water partition coefficient (Wildman–Crippen LogP) is 4.41. The predicted molar refractivity (Wildman–Crippen MR) is 158 cm³/mol. The van der Waals surface area contributed by atoms with Gasteiger partial charge in [0.05, 0.1) is 23.3 Å². The van der Waals surface area contributed by atoms with Gasteiger partial charge in [0.2, 0.25) is 0 Å². The molecule has 14 heteroatoms. The summed E-state index contributed by atoms with van der Waals surface area (Å²) < 4.78 is 60.7. The van der Waals surface area contributed by atoms with Gasteiger partial charge in [-0.25, -0.2) is 0 Å². The molecule has 0 aromatic heterocycles. The maximum Gasteiger partial charge on any atom is 0.329 e. The van der Waals surface area contributed by atoms with E-state index >= 15 is 0 Å². The number of fused-ring (bicyclic) bond motifs is 3. The number of hydroxylamine groups is 2. The summed E-state index contributed by atoms with van der Waals surface area (Å²) in [5.41, 5.74) is 0. The topological polar surface area (TPSA) is 161 Å².